The second-order valence-corrected chi connectivity index (χ2v) is 5.70. The Hall–Kier alpha value is -2.59. The average Bonchev–Trinajstić information content (AvgIpc) is 2.56. The van der Waals surface area contributed by atoms with Gasteiger partial charge < -0.3 is 9.84 Å². The molecule has 0 saturated heterocycles. The monoisotopic (exact) mass is 344 g/mol. The van der Waals surface area contributed by atoms with Gasteiger partial charge in [-0.2, -0.15) is 0 Å². The fourth-order valence-corrected chi connectivity index (χ4v) is 2.24. The van der Waals surface area contributed by atoms with Crippen LogP contribution in [-0.2, 0) is 4.79 Å². The van der Waals surface area contributed by atoms with Gasteiger partial charge in [-0.15, -0.1) is 0 Å². The number of ether oxygens (including phenoxy) is 1. The van der Waals surface area contributed by atoms with E-state index in [1.54, 1.807) is 43.3 Å². The highest BCUT2D eigenvalue weighted by Crippen LogP contribution is 2.26. The molecule has 0 amide bonds. The zero-order valence-corrected chi connectivity index (χ0v) is 14.1. The van der Waals surface area contributed by atoms with E-state index in [0.717, 1.165) is 5.56 Å². The number of hydrogen-bond donors (Lipinski definition) is 1. The minimum absolute atomic E-state index is 0.0225. The number of aromatic hydroxyl groups is 1. The van der Waals surface area contributed by atoms with Crippen molar-refractivity contribution in [3.63, 3.8) is 0 Å². The largest absolute Gasteiger partial charge is 0.504 e. The molecule has 0 aliphatic heterocycles. The Morgan fingerprint density at radius 3 is 2.62 bits per heavy atom. The van der Waals surface area contributed by atoms with Gasteiger partial charge in [0, 0.05) is 10.6 Å². The van der Waals surface area contributed by atoms with Crippen LogP contribution in [0.4, 0.5) is 0 Å². The Bertz CT molecular complexity index is 809. The van der Waals surface area contributed by atoms with Crippen molar-refractivity contribution in [1.29, 1.82) is 0 Å². The molecule has 0 unspecified atom stereocenters. The lowest BCUT2D eigenvalue weighted by atomic mass is 10.0. The Kier molecular flexibility index (Phi) is 5.77. The van der Waals surface area contributed by atoms with Crippen molar-refractivity contribution in [3.8, 4) is 11.5 Å². The molecule has 5 heteroatoms. The molecule has 0 aliphatic rings. The van der Waals surface area contributed by atoms with Gasteiger partial charge in [-0.25, -0.2) is 0 Å². The molecule has 0 atom stereocenters. The van der Waals surface area contributed by atoms with Crippen molar-refractivity contribution in [2.24, 2.45) is 0 Å². The van der Waals surface area contributed by atoms with Crippen LogP contribution in [0.1, 0.15) is 27.9 Å². The number of phenols is 1. The number of benzene rings is 2. The van der Waals surface area contributed by atoms with Gasteiger partial charge in [-0.3, -0.25) is 9.59 Å². The third-order valence-corrected chi connectivity index (χ3v) is 3.90. The van der Waals surface area contributed by atoms with Crippen LogP contribution in [0.3, 0.4) is 0 Å². The number of ketones is 2. The number of halogens is 1. The number of methoxy groups -OCH3 is 1. The van der Waals surface area contributed by atoms with Crippen molar-refractivity contribution in [1.82, 2.24) is 0 Å². The number of carbonyl (C=O) groups is 2. The fourth-order valence-electron chi connectivity index (χ4n) is 2.12. The van der Waals surface area contributed by atoms with Crippen LogP contribution in [0.2, 0.25) is 5.02 Å². The summed E-state index contributed by atoms with van der Waals surface area (Å²) in [6, 6.07) is 9.65. The molecule has 2 rings (SSSR count). The molecule has 0 aromatic heterocycles. The summed E-state index contributed by atoms with van der Waals surface area (Å²) in [5.74, 6) is -0.223. The number of hydrogen-bond acceptors (Lipinski definition) is 4. The molecule has 0 bridgehead atoms. The van der Waals surface area contributed by atoms with Gasteiger partial charge in [0.1, 0.15) is 0 Å². The zero-order valence-electron chi connectivity index (χ0n) is 13.4. The molecule has 0 saturated carbocycles. The minimum Gasteiger partial charge on any atom is -0.504 e. The van der Waals surface area contributed by atoms with Crippen molar-refractivity contribution in [2.45, 2.75) is 13.3 Å². The Morgan fingerprint density at radius 2 is 1.96 bits per heavy atom. The molecule has 1 N–H and O–H groups in total. The van der Waals surface area contributed by atoms with E-state index < -0.39 is 0 Å². The van der Waals surface area contributed by atoms with Crippen LogP contribution in [0.15, 0.2) is 42.5 Å². The quantitative estimate of drug-likeness (QED) is 0.484. The molecule has 2 aromatic carbocycles. The molecule has 2 aromatic rings. The molecule has 124 valence electrons. The number of Topliss-reactive ketones (excluding diaryl/α,β-unsaturated/α-hetero) is 1. The third kappa shape index (κ3) is 4.46. The smallest absolute Gasteiger partial charge is 0.170 e. The lowest BCUT2D eigenvalue weighted by Crippen LogP contribution is -2.06. The van der Waals surface area contributed by atoms with Crippen LogP contribution in [0.5, 0.6) is 11.5 Å². The van der Waals surface area contributed by atoms with E-state index in [0.29, 0.717) is 21.9 Å². The van der Waals surface area contributed by atoms with Gasteiger partial charge in [-0.05, 0) is 54.5 Å². The maximum absolute atomic E-state index is 12.1. The fraction of sp³-hybridized carbons (Fsp3) is 0.158. The van der Waals surface area contributed by atoms with Gasteiger partial charge in [0.05, 0.1) is 13.5 Å². The first kappa shape index (κ1) is 17.8. The number of aryl methyl sites for hydroxylation is 1. The molecule has 0 heterocycles. The van der Waals surface area contributed by atoms with Crippen LogP contribution in [0.25, 0.3) is 6.08 Å². The molecular weight excluding hydrogens is 328 g/mol. The highest BCUT2D eigenvalue weighted by molar-refractivity contribution is 6.31. The standard InChI is InChI=1S/C19H17ClO4/c1-12-9-14(5-7-16(12)20)18(23)11-15(21)6-3-13-4-8-17(22)19(10-13)24-2/h3-10,22H,11H2,1-2H3. The maximum Gasteiger partial charge on any atom is 0.170 e. The molecule has 4 nitrogen and oxygen atoms in total. The Morgan fingerprint density at radius 1 is 1.21 bits per heavy atom. The molecule has 24 heavy (non-hydrogen) atoms. The van der Waals surface area contributed by atoms with Gasteiger partial charge >= 0.3 is 0 Å². The topological polar surface area (TPSA) is 63.6 Å². The first-order valence-corrected chi connectivity index (χ1v) is 7.66. The summed E-state index contributed by atoms with van der Waals surface area (Å²) in [6.45, 7) is 1.80. The number of carbonyl (C=O) groups excluding carboxylic acids is 2. The highest BCUT2D eigenvalue weighted by Gasteiger charge is 2.11. The molecular formula is C19H17ClO4. The van der Waals surface area contributed by atoms with E-state index in [9.17, 15) is 14.7 Å². The number of phenolic OH excluding ortho intramolecular Hbond substituents is 1. The van der Waals surface area contributed by atoms with Crippen LogP contribution < -0.4 is 4.74 Å². The summed E-state index contributed by atoms with van der Waals surface area (Å²) < 4.78 is 5.00. The second-order valence-electron chi connectivity index (χ2n) is 5.29. The van der Waals surface area contributed by atoms with E-state index in [4.69, 9.17) is 16.3 Å². The maximum atomic E-state index is 12.1. The van der Waals surface area contributed by atoms with E-state index in [-0.39, 0.29) is 23.7 Å². The van der Waals surface area contributed by atoms with E-state index in [1.807, 2.05) is 0 Å². The minimum atomic E-state index is -0.306. The highest BCUT2D eigenvalue weighted by atomic mass is 35.5. The summed E-state index contributed by atoms with van der Waals surface area (Å²) in [5, 5.41) is 10.1. The summed E-state index contributed by atoms with van der Waals surface area (Å²) >= 11 is 5.93. The lowest BCUT2D eigenvalue weighted by molar-refractivity contribution is -0.113. The summed E-state index contributed by atoms with van der Waals surface area (Å²) in [5.41, 5.74) is 1.94. The van der Waals surface area contributed by atoms with Crippen LogP contribution in [-0.4, -0.2) is 23.8 Å². The van der Waals surface area contributed by atoms with Crippen LogP contribution in [0, 0.1) is 6.92 Å². The average molecular weight is 345 g/mol. The Balaban J connectivity index is 2.04. The molecule has 0 fully saturated rings. The van der Waals surface area contributed by atoms with Gasteiger partial charge in [-0.1, -0.05) is 23.7 Å². The van der Waals surface area contributed by atoms with Crippen molar-refractivity contribution < 1.29 is 19.4 Å². The molecule has 0 radical (unpaired) electrons. The Labute approximate surface area is 145 Å². The summed E-state index contributed by atoms with van der Waals surface area (Å²) in [6.07, 6.45) is 2.70. The predicted octanol–water partition coefficient (Wildman–Crippen LogP) is 4.22. The normalized spacial score (nSPS) is 10.8. The summed E-state index contributed by atoms with van der Waals surface area (Å²) in [4.78, 5) is 24.1. The van der Waals surface area contributed by atoms with Crippen molar-refractivity contribution >= 4 is 29.2 Å². The predicted molar refractivity (Wildman–Crippen MR) is 93.8 cm³/mol. The second kappa shape index (κ2) is 7.79. The SMILES string of the molecule is COc1cc(C=CC(=O)CC(=O)c2ccc(Cl)c(C)c2)ccc1O. The van der Waals surface area contributed by atoms with Gasteiger partial charge in [0.25, 0.3) is 0 Å². The first-order valence-electron chi connectivity index (χ1n) is 7.28. The third-order valence-electron chi connectivity index (χ3n) is 3.48. The zero-order chi connectivity index (χ0) is 17.7. The van der Waals surface area contributed by atoms with Crippen LogP contribution >= 0.6 is 11.6 Å². The number of rotatable bonds is 6. The number of allylic oxidation sites excluding steroid dienone is 1. The van der Waals surface area contributed by atoms with Gasteiger partial charge in [0.2, 0.25) is 0 Å². The lowest BCUT2D eigenvalue weighted by Gasteiger charge is -2.04. The van der Waals surface area contributed by atoms with E-state index in [2.05, 4.69) is 0 Å². The first-order chi connectivity index (χ1) is 11.4. The van der Waals surface area contributed by atoms with Crippen molar-refractivity contribution in [3.05, 3.63) is 64.2 Å². The van der Waals surface area contributed by atoms with E-state index in [1.165, 1.54) is 19.3 Å². The van der Waals surface area contributed by atoms with Crippen molar-refractivity contribution in [2.75, 3.05) is 7.11 Å². The van der Waals surface area contributed by atoms with Gasteiger partial charge in [0.15, 0.2) is 23.1 Å². The summed E-state index contributed by atoms with van der Waals surface area (Å²) in [7, 11) is 1.44. The molecule has 0 aliphatic carbocycles. The van der Waals surface area contributed by atoms with E-state index >= 15 is 0 Å². The molecule has 0 spiro atoms.